The molecule has 1 N–H and O–H groups in total. The molecule has 66 valence electrons. The quantitative estimate of drug-likeness (QED) is 0.415. The van der Waals surface area contributed by atoms with Crippen molar-refractivity contribution in [2.45, 2.75) is 0 Å². The molecule has 0 unspecified atom stereocenters. The Bertz CT molecular complexity index is 462. The van der Waals surface area contributed by atoms with E-state index in [9.17, 15) is 4.39 Å². The molecule has 0 bridgehead atoms. The summed E-state index contributed by atoms with van der Waals surface area (Å²) in [4.78, 5) is 0. The van der Waals surface area contributed by atoms with E-state index in [0.29, 0.717) is 11.3 Å². The summed E-state index contributed by atoms with van der Waals surface area (Å²) in [6.45, 7) is 0. The lowest BCUT2D eigenvalue weighted by atomic mass is 10.2. The van der Waals surface area contributed by atoms with Crippen molar-refractivity contribution in [2.75, 3.05) is 0 Å². The van der Waals surface area contributed by atoms with E-state index in [1.807, 2.05) is 0 Å². The van der Waals surface area contributed by atoms with Gasteiger partial charge < -0.3 is 9.62 Å². The number of fused-ring (bicyclic) bond motifs is 1. The van der Waals surface area contributed by atoms with Gasteiger partial charge >= 0.3 is 0 Å². The zero-order valence-electron chi connectivity index (χ0n) is 6.57. The second kappa shape index (κ2) is 2.90. The summed E-state index contributed by atoms with van der Waals surface area (Å²) < 4.78 is 17.8. The lowest BCUT2D eigenvalue weighted by Crippen LogP contribution is -1.70. The fraction of sp³-hybridized carbons (Fsp3) is 0. The van der Waals surface area contributed by atoms with Crippen molar-refractivity contribution < 1.29 is 14.0 Å². The van der Waals surface area contributed by atoms with Gasteiger partial charge in [0.2, 0.25) is 0 Å². The van der Waals surface area contributed by atoms with Crippen LogP contribution in [-0.2, 0) is 0 Å². The molecule has 4 heteroatoms. The maximum Gasteiger partial charge on any atom is 0.149 e. The van der Waals surface area contributed by atoms with Crippen LogP contribution in [0, 0.1) is 5.82 Å². The number of halogens is 1. The minimum absolute atomic E-state index is 0.352. The Balaban J connectivity index is 2.62. The molecule has 2 rings (SSSR count). The molecule has 0 fully saturated rings. The molecule has 0 aliphatic heterocycles. The standard InChI is InChI=1S/C9H6FNO2/c10-7-2-1-6-3-8(5-11-12)13-9(6)4-7/h1-5,12H. The molecule has 0 spiro atoms. The van der Waals surface area contributed by atoms with Crippen LogP contribution in [0.2, 0.25) is 0 Å². The molecule has 13 heavy (non-hydrogen) atoms. The smallest absolute Gasteiger partial charge is 0.149 e. The van der Waals surface area contributed by atoms with Gasteiger partial charge in [-0.05, 0) is 18.2 Å². The number of oxime groups is 1. The first-order valence-corrected chi connectivity index (χ1v) is 3.66. The topological polar surface area (TPSA) is 45.7 Å². The summed E-state index contributed by atoms with van der Waals surface area (Å²) in [6, 6.07) is 5.89. The molecular formula is C9H6FNO2. The molecule has 0 aliphatic carbocycles. The van der Waals surface area contributed by atoms with Crippen molar-refractivity contribution in [1.82, 2.24) is 0 Å². The first-order chi connectivity index (χ1) is 6.29. The first-order valence-electron chi connectivity index (χ1n) is 3.66. The van der Waals surface area contributed by atoms with Gasteiger partial charge in [0.05, 0.1) is 0 Å². The molecule has 2 aromatic rings. The van der Waals surface area contributed by atoms with Gasteiger partial charge in [-0.1, -0.05) is 5.16 Å². The maximum atomic E-state index is 12.7. The van der Waals surface area contributed by atoms with Crippen LogP contribution in [0.15, 0.2) is 33.8 Å². The third kappa shape index (κ3) is 1.38. The molecule has 1 aromatic heterocycles. The molecular weight excluding hydrogens is 173 g/mol. The second-order valence-electron chi connectivity index (χ2n) is 2.58. The molecule has 3 nitrogen and oxygen atoms in total. The van der Waals surface area contributed by atoms with Crippen molar-refractivity contribution in [2.24, 2.45) is 5.16 Å². The molecule has 0 amide bonds. The third-order valence-electron chi connectivity index (χ3n) is 1.69. The molecule has 0 saturated heterocycles. The molecule has 1 heterocycles. The summed E-state index contributed by atoms with van der Waals surface area (Å²) in [7, 11) is 0. The van der Waals surface area contributed by atoms with Gasteiger partial charge in [-0.15, -0.1) is 0 Å². The fourth-order valence-corrected chi connectivity index (χ4v) is 1.15. The highest BCUT2D eigenvalue weighted by molar-refractivity contribution is 5.86. The number of furan rings is 1. The lowest BCUT2D eigenvalue weighted by molar-refractivity contribution is 0.321. The van der Waals surface area contributed by atoms with E-state index in [1.54, 1.807) is 12.1 Å². The van der Waals surface area contributed by atoms with Crippen molar-refractivity contribution in [3.05, 3.63) is 35.8 Å². The monoisotopic (exact) mass is 179 g/mol. The van der Waals surface area contributed by atoms with Gasteiger partial charge in [-0.2, -0.15) is 0 Å². The Kier molecular flexibility index (Phi) is 1.73. The van der Waals surface area contributed by atoms with Crippen LogP contribution in [0.1, 0.15) is 5.76 Å². The van der Waals surface area contributed by atoms with Crippen molar-refractivity contribution >= 4 is 17.2 Å². The van der Waals surface area contributed by atoms with Crippen molar-refractivity contribution in [3.8, 4) is 0 Å². The summed E-state index contributed by atoms with van der Waals surface area (Å²) in [5, 5.41) is 11.8. The van der Waals surface area contributed by atoms with Crippen molar-refractivity contribution in [1.29, 1.82) is 0 Å². The predicted molar refractivity (Wildman–Crippen MR) is 45.6 cm³/mol. The van der Waals surface area contributed by atoms with E-state index in [0.717, 1.165) is 11.6 Å². The Labute approximate surface area is 73.1 Å². The second-order valence-corrected chi connectivity index (χ2v) is 2.58. The van der Waals surface area contributed by atoms with E-state index in [2.05, 4.69) is 5.16 Å². The molecule has 1 aromatic carbocycles. The van der Waals surface area contributed by atoms with E-state index < -0.39 is 0 Å². The van der Waals surface area contributed by atoms with E-state index in [1.165, 1.54) is 12.1 Å². The average Bonchev–Trinajstić information content (AvgIpc) is 2.46. The van der Waals surface area contributed by atoms with Gasteiger partial charge in [-0.3, -0.25) is 0 Å². The summed E-state index contributed by atoms with van der Waals surface area (Å²) in [5.74, 6) is 0.0393. The number of benzene rings is 1. The average molecular weight is 179 g/mol. The number of hydrogen-bond donors (Lipinski definition) is 1. The van der Waals surface area contributed by atoms with Crippen LogP contribution in [0.4, 0.5) is 4.39 Å². The number of hydrogen-bond acceptors (Lipinski definition) is 3. The Hall–Kier alpha value is -1.84. The minimum atomic E-state index is -0.352. The maximum absolute atomic E-state index is 12.7. The van der Waals surface area contributed by atoms with E-state index in [-0.39, 0.29) is 5.82 Å². The molecule has 0 aliphatic rings. The predicted octanol–water partition coefficient (Wildman–Crippen LogP) is 2.38. The van der Waals surface area contributed by atoms with Gasteiger partial charge in [0.15, 0.2) is 0 Å². The van der Waals surface area contributed by atoms with Crippen LogP contribution in [0.25, 0.3) is 11.0 Å². The Morgan fingerprint density at radius 2 is 2.23 bits per heavy atom. The zero-order chi connectivity index (χ0) is 9.26. The summed E-state index contributed by atoms with van der Waals surface area (Å²) >= 11 is 0. The highest BCUT2D eigenvalue weighted by Gasteiger charge is 2.02. The zero-order valence-corrected chi connectivity index (χ0v) is 6.57. The fourth-order valence-electron chi connectivity index (χ4n) is 1.15. The largest absolute Gasteiger partial charge is 0.455 e. The SMILES string of the molecule is ON=Cc1cc2ccc(F)cc2o1. The van der Waals surface area contributed by atoms with Gasteiger partial charge in [0, 0.05) is 11.5 Å². The van der Waals surface area contributed by atoms with Crippen molar-refractivity contribution in [3.63, 3.8) is 0 Å². The molecule has 0 atom stereocenters. The highest BCUT2D eigenvalue weighted by atomic mass is 19.1. The Morgan fingerprint density at radius 1 is 1.38 bits per heavy atom. The molecule has 0 radical (unpaired) electrons. The van der Waals surface area contributed by atoms with Gasteiger partial charge in [-0.25, -0.2) is 4.39 Å². The highest BCUT2D eigenvalue weighted by Crippen LogP contribution is 2.18. The minimum Gasteiger partial charge on any atom is -0.455 e. The number of rotatable bonds is 1. The van der Waals surface area contributed by atoms with Crippen LogP contribution in [0.3, 0.4) is 0 Å². The summed E-state index contributed by atoms with van der Waals surface area (Å²) in [5.41, 5.74) is 0.440. The lowest BCUT2D eigenvalue weighted by Gasteiger charge is -1.86. The molecule has 0 saturated carbocycles. The van der Waals surface area contributed by atoms with Gasteiger partial charge in [0.1, 0.15) is 23.4 Å². The Morgan fingerprint density at radius 3 is 3.00 bits per heavy atom. The third-order valence-corrected chi connectivity index (χ3v) is 1.69. The normalized spacial score (nSPS) is 11.5. The summed E-state index contributed by atoms with van der Waals surface area (Å²) in [6.07, 6.45) is 1.15. The number of nitrogens with zero attached hydrogens (tertiary/aromatic N) is 1. The van der Waals surface area contributed by atoms with E-state index >= 15 is 0 Å². The van der Waals surface area contributed by atoms with Gasteiger partial charge in [0.25, 0.3) is 0 Å². The van der Waals surface area contributed by atoms with Crippen LogP contribution < -0.4 is 0 Å². The van der Waals surface area contributed by atoms with Crippen LogP contribution in [-0.4, -0.2) is 11.4 Å². The van der Waals surface area contributed by atoms with Crippen LogP contribution >= 0.6 is 0 Å². The van der Waals surface area contributed by atoms with E-state index in [4.69, 9.17) is 9.62 Å². The van der Waals surface area contributed by atoms with Crippen LogP contribution in [0.5, 0.6) is 0 Å². The first kappa shape index (κ1) is 7.79.